The molecule has 0 aliphatic carbocycles. The van der Waals surface area contributed by atoms with Crippen LogP contribution in [0.3, 0.4) is 0 Å². The van der Waals surface area contributed by atoms with Gasteiger partial charge in [0.15, 0.2) is 0 Å². The number of hydrogen-bond donors (Lipinski definition) is 0. The van der Waals surface area contributed by atoms with Crippen LogP contribution < -0.4 is 10.4 Å². The SMILES string of the molecule is Cc1cc(C)cc([Si](C)(Cl)c2ccccc2C)c1. The lowest BCUT2D eigenvalue weighted by Gasteiger charge is -2.23. The van der Waals surface area contributed by atoms with Crippen molar-refractivity contribution >= 4 is 28.8 Å². The van der Waals surface area contributed by atoms with Crippen LogP contribution in [0.2, 0.25) is 6.55 Å². The van der Waals surface area contributed by atoms with Crippen LogP contribution in [0.25, 0.3) is 0 Å². The maximum absolute atomic E-state index is 6.98. The van der Waals surface area contributed by atoms with Gasteiger partial charge in [-0.3, -0.25) is 0 Å². The first-order chi connectivity index (χ1) is 8.41. The zero-order valence-electron chi connectivity index (χ0n) is 11.4. The van der Waals surface area contributed by atoms with Gasteiger partial charge in [-0.1, -0.05) is 59.2 Å². The van der Waals surface area contributed by atoms with Gasteiger partial charge in [-0.05, 0) is 37.7 Å². The van der Waals surface area contributed by atoms with Crippen molar-refractivity contribution in [2.45, 2.75) is 27.3 Å². The first-order valence-corrected chi connectivity index (χ1v) is 9.76. The summed E-state index contributed by atoms with van der Waals surface area (Å²) in [6, 6.07) is 15.1. The molecule has 0 aliphatic rings. The van der Waals surface area contributed by atoms with Crippen molar-refractivity contribution in [2.75, 3.05) is 0 Å². The molecule has 1 unspecified atom stereocenters. The third kappa shape index (κ3) is 2.52. The molecule has 0 saturated heterocycles. The van der Waals surface area contributed by atoms with E-state index in [0.29, 0.717) is 0 Å². The van der Waals surface area contributed by atoms with Crippen LogP contribution in [-0.2, 0) is 0 Å². The second kappa shape index (κ2) is 4.91. The van der Waals surface area contributed by atoms with Crippen molar-refractivity contribution in [3.8, 4) is 0 Å². The Morgan fingerprint density at radius 2 is 1.44 bits per heavy atom. The van der Waals surface area contributed by atoms with Gasteiger partial charge in [0.1, 0.15) is 0 Å². The minimum atomic E-state index is -2.09. The molecule has 2 aromatic carbocycles. The molecule has 0 saturated carbocycles. The molecule has 2 heteroatoms. The van der Waals surface area contributed by atoms with Crippen molar-refractivity contribution in [1.29, 1.82) is 0 Å². The molecule has 0 aromatic heterocycles. The summed E-state index contributed by atoms with van der Waals surface area (Å²) in [4.78, 5) is 0. The summed E-state index contributed by atoms with van der Waals surface area (Å²) in [5.74, 6) is 0. The summed E-state index contributed by atoms with van der Waals surface area (Å²) >= 11 is 6.98. The Morgan fingerprint density at radius 3 is 2.00 bits per heavy atom. The number of halogens is 1. The third-order valence-electron chi connectivity index (χ3n) is 3.41. The quantitative estimate of drug-likeness (QED) is 0.580. The minimum absolute atomic E-state index is 1.29. The lowest BCUT2D eigenvalue weighted by Crippen LogP contribution is -2.52. The highest BCUT2D eigenvalue weighted by Gasteiger charge is 2.31. The largest absolute Gasteiger partial charge is 0.214 e. The number of rotatable bonds is 2. The minimum Gasteiger partial charge on any atom is -0.155 e. The van der Waals surface area contributed by atoms with E-state index in [0.717, 1.165) is 0 Å². The van der Waals surface area contributed by atoms with Crippen LogP contribution in [0.4, 0.5) is 0 Å². The average molecular weight is 275 g/mol. The van der Waals surface area contributed by atoms with Gasteiger partial charge in [0, 0.05) is 0 Å². The highest BCUT2D eigenvalue weighted by atomic mass is 35.6. The van der Waals surface area contributed by atoms with Crippen LogP contribution >= 0.6 is 11.1 Å². The second-order valence-electron chi connectivity index (χ2n) is 5.19. The van der Waals surface area contributed by atoms with Crippen LogP contribution in [0.1, 0.15) is 16.7 Å². The van der Waals surface area contributed by atoms with E-state index in [4.69, 9.17) is 11.1 Å². The zero-order valence-corrected chi connectivity index (χ0v) is 13.2. The lowest BCUT2D eigenvalue weighted by atomic mass is 10.2. The standard InChI is InChI=1S/C16H19ClSi/c1-12-9-13(2)11-15(10-12)18(4,17)16-8-6-5-7-14(16)3/h5-11H,1-4H3. The van der Waals surface area contributed by atoms with E-state index < -0.39 is 7.38 Å². The topological polar surface area (TPSA) is 0 Å². The van der Waals surface area contributed by atoms with Crippen molar-refractivity contribution in [2.24, 2.45) is 0 Å². The second-order valence-corrected chi connectivity index (χ2v) is 10.6. The van der Waals surface area contributed by atoms with E-state index in [1.807, 2.05) is 0 Å². The smallest absolute Gasteiger partial charge is 0.155 e. The first kappa shape index (κ1) is 13.4. The van der Waals surface area contributed by atoms with Crippen LogP contribution in [-0.4, -0.2) is 7.38 Å². The van der Waals surface area contributed by atoms with Gasteiger partial charge in [0.25, 0.3) is 0 Å². The third-order valence-corrected chi connectivity index (χ3v) is 7.63. The van der Waals surface area contributed by atoms with E-state index in [2.05, 4.69) is 69.8 Å². The molecule has 2 rings (SSSR count). The highest BCUT2D eigenvalue weighted by Crippen LogP contribution is 2.14. The average Bonchev–Trinajstić information content (AvgIpc) is 2.28. The molecule has 0 spiro atoms. The predicted octanol–water partition coefficient (Wildman–Crippen LogP) is 3.54. The van der Waals surface area contributed by atoms with Crippen LogP contribution in [0.5, 0.6) is 0 Å². The van der Waals surface area contributed by atoms with E-state index in [-0.39, 0.29) is 0 Å². The lowest BCUT2D eigenvalue weighted by molar-refractivity contribution is 1.40. The molecule has 0 radical (unpaired) electrons. The molecule has 0 aliphatic heterocycles. The van der Waals surface area contributed by atoms with Crippen molar-refractivity contribution < 1.29 is 0 Å². The van der Waals surface area contributed by atoms with Gasteiger partial charge >= 0.3 is 0 Å². The van der Waals surface area contributed by atoms with Crippen LogP contribution in [0, 0.1) is 20.8 Å². The Hall–Kier alpha value is -1.05. The van der Waals surface area contributed by atoms with E-state index in [9.17, 15) is 0 Å². The summed E-state index contributed by atoms with van der Waals surface area (Å²) < 4.78 is 0. The fraction of sp³-hybridized carbons (Fsp3) is 0.250. The fourth-order valence-corrected chi connectivity index (χ4v) is 6.01. The summed E-state index contributed by atoms with van der Waals surface area (Å²) in [6.45, 7) is 8.63. The molecule has 0 N–H and O–H groups in total. The fourth-order valence-electron chi connectivity index (χ4n) is 2.50. The molecule has 18 heavy (non-hydrogen) atoms. The van der Waals surface area contributed by atoms with Crippen molar-refractivity contribution in [3.05, 3.63) is 59.2 Å². The van der Waals surface area contributed by atoms with Gasteiger partial charge in [-0.25, -0.2) is 0 Å². The van der Waals surface area contributed by atoms with E-state index in [1.54, 1.807) is 0 Å². The van der Waals surface area contributed by atoms with E-state index in [1.165, 1.54) is 27.1 Å². The summed E-state index contributed by atoms with van der Waals surface area (Å²) in [5, 5.41) is 2.62. The Labute approximate surface area is 115 Å². The summed E-state index contributed by atoms with van der Waals surface area (Å²) in [5.41, 5.74) is 3.87. The Kier molecular flexibility index (Phi) is 3.65. The molecule has 0 nitrogen and oxygen atoms in total. The Morgan fingerprint density at radius 1 is 0.889 bits per heavy atom. The molecule has 0 heterocycles. The van der Waals surface area contributed by atoms with Gasteiger partial charge in [-0.2, -0.15) is 11.1 Å². The summed E-state index contributed by atoms with van der Waals surface area (Å²) in [6.07, 6.45) is 0. The molecule has 0 fully saturated rings. The monoisotopic (exact) mass is 274 g/mol. The van der Waals surface area contributed by atoms with Crippen molar-refractivity contribution in [3.63, 3.8) is 0 Å². The summed E-state index contributed by atoms with van der Waals surface area (Å²) in [7, 11) is -2.09. The Bertz CT molecular complexity index is 553. The van der Waals surface area contributed by atoms with Gasteiger partial charge in [0.05, 0.1) is 0 Å². The van der Waals surface area contributed by atoms with Gasteiger partial charge in [-0.15, -0.1) is 0 Å². The van der Waals surface area contributed by atoms with Gasteiger partial charge in [0.2, 0.25) is 7.38 Å². The molecule has 1 atom stereocenters. The molecular formula is C16H19ClSi. The molecule has 2 aromatic rings. The number of aryl methyl sites for hydroxylation is 3. The number of hydrogen-bond acceptors (Lipinski definition) is 0. The molecule has 94 valence electrons. The number of benzene rings is 2. The van der Waals surface area contributed by atoms with E-state index >= 15 is 0 Å². The molecular weight excluding hydrogens is 256 g/mol. The molecule has 0 bridgehead atoms. The maximum Gasteiger partial charge on any atom is 0.214 e. The van der Waals surface area contributed by atoms with Gasteiger partial charge < -0.3 is 0 Å². The van der Waals surface area contributed by atoms with Crippen molar-refractivity contribution in [1.82, 2.24) is 0 Å². The maximum atomic E-state index is 6.98. The highest BCUT2D eigenvalue weighted by molar-refractivity contribution is 7.33. The normalized spacial score (nSPS) is 14.3. The predicted molar refractivity (Wildman–Crippen MR) is 83.8 cm³/mol. The Balaban J connectivity index is 2.57. The zero-order chi connectivity index (χ0) is 13.3. The first-order valence-electron chi connectivity index (χ1n) is 6.25. The molecule has 0 amide bonds. The van der Waals surface area contributed by atoms with Crippen LogP contribution in [0.15, 0.2) is 42.5 Å².